The highest BCUT2D eigenvalue weighted by molar-refractivity contribution is 5.71. The van der Waals surface area contributed by atoms with Gasteiger partial charge in [-0.1, -0.05) is 36.4 Å². The van der Waals surface area contributed by atoms with E-state index in [9.17, 15) is 0 Å². The van der Waals surface area contributed by atoms with Gasteiger partial charge in [0.2, 0.25) is 0 Å². The zero-order valence-electron chi connectivity index (χ0n) is 11.9. The molecule has 3 rings (SSSR count). The number of nitrogens with zero attached hydrogens (tertiary/aromatic N) is 1. The van der Waals surface area contributed by atoms with Crippen LogP contribution in [-0.4, -0.2) is 13.1 Å². The fourth-order valence-electron chi connectivity index (χ4n) is 3.03. The van der Waals surface area contributed by atoms with Crippen molar-refractivity contribution in [3.63, 3.8) is 0 Å². The predicted molar refractivity (Wildman–Crippen MR) is 85.6 cm³/mol. The van der Waals surface area contributed by atoms with E-state index >= 15 is 0 Å². The number of aryl methyl sites for hydroxylation is 2. The number of anilines is 2. The molecule has 0 aromatic heterocycles. The fraction of sp³-hybridized carbons (Fsp3) is 0.333. The minimum absolute atomic E-state index is 0.775. The van der Waals surface area contributed by atoms with Crippen LogP contribution in [0.15, 0.2) is 48.5 Å². The summed E-state index contributed by atoms with van der Waals surface area (Å²) in [6.45, 7) is 1.82. The quantitative estimate of drug-likeness (QED) is 0.856. The molecule has 1 heterocycles. The van der Waals surface area contributed by atoms with Crippen LogP contribution >= 0.6 is 0 Å². The maximum atomic E-state index is 5.65. The Kier molecular flexibility index (Phi) is 4.03. The van der Waals surface area contributed by atoms with Crippen molar-refractivity contribution < 1.29 is 0 Å². The van der Waals surface area contributed by atoms with Gasteiger partial charge in [0.05, 0.1) is 0 Å². The van der Waals surface area contributed by atoms with E-state index in [2.05, 4.69) is 53.4 Å². The molecule has 0 fully saturated rings. The summed E-state index contributed by atoms with van der Waals surface area (Å²) in [6, 6.07) is 17.6. The van der Waals surface area contributed by atoms with Crippen LogP contribution in [0, 0.1) is 0 Å². The van der Waals surface area contributed by atoms with Crippen LogP contribution in [-0.2, 0) is 12.8 Å². The molecule has 0 spiro atoms. The monoisotopic (exact) mass is 266 g/mol. The van der Waals surface area contributed by atoms with Gasteiger partial charge >= 0.3 is 0 Å². The van der Waals surface area contributed by atoms with Gasteiger partial charge in [0, 0.05) is 17.9 Å². The van der Waals surface area contributed by atoms with E-state index in [1.807, 2.05) is 0 Å². The Morgan fingerprint density at radius 2 is 1.35 bits per heavy atom. The Labute approximate surface area is 121 Å². The second kappa shape index (κ2) is 6.10. The second-order valence-corrected chi connectivity index (χ2v) is 5.40. The predicted octanol–water partition coefficient (Wildman–Crippen LogP) is 3.66. The summed E-state index contributed by atoms with van der Waals surface area (Å²) in [5.41, 5.74) is 11.3. The maximum Gasteiger partial charge on any atom is 0.0443 e. The van der Waals surface area contributed by atoms with E-state index in [0.717, 1.165) is 38.8 Å². The smallest absolute Gasteiger partial charge is 0.0443 e. The van der Waals surface area contributed by atoms with Gasteiger partial charge in [-0.15, -0.1) is 0 Å². The number of para-hydroxylation sites is 2. The van der Waals surface area contributed by atoms with Gasteiger partial charge in [-0.2, -0.15) is 0 Å². The molecule has 1 aliphatic rings. The molecule has 0 bridgehead atoms. The van der Waals surface area contributed by atoms with Gasteiger partial charge in [-0.3, -0.25) is 0 Å². The van der Waals surface area contributed by atoms with E-state index < -0.39 is 0 Å². The third-order valence-corrected chi connectivity index (χ3v) is 4.06. The number of hydrogen-bond acceptors (Lipinski definition) is 2. The molecule has 0 unspecified atom stereocenters. The summed E-state index contributed by atoms with van der Waals surface area (Å²) in [7, 11) is 0. The first-order valence-electron chi connectivity index (χ1n) is 7.53. The van der Waals surface area contributed by atoms with Crippen LogP contribution in [0.25, 0.3) is 0 Å². The minimum atomic E-state index is 0.775. The number of benzene rings is 2. The molecule has 0 amide bonds. The van der Waals surface area contributed by atoms with Gasteiger partial charge < -0.3 is 10.6 Å². The Morgan fingerprint density at radius 3 is 1.90 bits per heavy atom. The van der Waals surface area contributed by atoms with Gasteiger partial charge in [0.25, 0.3) is 0 Å². The van der Waals surface area contributed by atoms with Crippen LogP contribution in [0.3, 0.4) is 0 Å². The van der Waals surface area contributed by atoms with Crippen molar-refractivity contribution in [2.75, 3.05) is 18.0 Å². The molecule has 1 aliphatic heterocycles. The fourth-order valence-corrected chi connectivity index (χ4v) is 3.03. The number of nitrogens with two attached hydrogens (primary N) is 1. The van der Waals surface area contributed by atoms with E-state index in [1.54, 1.807) is 0 Å². The van der Waals surface area contributed by atoms with Crippen molar-refractivity contribution in [1.29, 1.82) is 0 Å². The van der Waals surface area contributed by atoms with Crippen molar-refractivity contribution in [1.82, 2.24) is 0 Å². The maximum absolute atomic E-state index is 5.65. The van der Waals surface area contributed by atoms with Crippen LogP contribution in [0.2, 0.25) is 0 Å². The summed E-state index contributed by atoms with van der Waals surface area (Å²) in [5, 5.41) is 0. The first-order chi connectivity index (χ1) is 9.90. The summed E-state index contributed by atoms with van der Waals surface area (Å²) in [5.74, 6) is 0. The molecule has 2 aromatic carbocycles. The van der Waals surface area contributed by atoms with Crippen molar-refractivity contribution in [3.8, 4) is 0 Å². The molecule has 0 aliphatic carbocycles. The normalized spacial score (nSPS) is 13.6. The Bertz CT molecular complexity index is 530. The third-order valence-electron chi connectivity index (χ3n) is 4.06. The van der Waals surface area contributed by atoms with Crippen LogP contribution < -0.4 is 10.6 Å². The number of hydrogen-bond donors (Lipinski definition) is 1. The van der Waals surface area contributed by atoms with Crippen LogP contribution in [0.5, 0.6) is 0 Å². The van der Waals surface area contributed by atoms with E-state index in [1.165, 1.54) is 22.5 Å². The van der Waals surface area contributed by atoms with Crippen LogP contribution in [0.1, 0.15) is 24.0 Å². The Morgan fingerprint density at radius 1 is 0.800 bits per heavy atom. The Balaban J connectivity index is 2.00. The molecule has 0 radical (unpaired) electrons. The molecule has 2 aromatic rings. The number of unbranched alkanes of at least 4 members (excludes halogenated alkanes) is 1. The van der Waals surface area contributed by atoms with Crippen molar-refractivity contribution in [3.05, 3.63) is 59.7 Å². The summed E-state index contributed by atoms with van der Waals surface area (Å²) >= 11 is 0. The molecule has 2 N–H and O–H groups in total. The molecule has 2 heteroatoms. The SMILES string of the molecule is NCCCCN1c2ccccc2CCc2ccccc21. The van der Waals surface area contributed by atoms with Gasteiger partial charge in [-0.05, 0) is 55.5 Å². The zero-order chi connectivity index (χ0) is 13.8. The first-order valence-corrected chi connectivity index (χ1v) is 7.53. The lowest BCUT2D eigenvalue weighted by Gasteiger charge is -2.27. The average molecular weight is 266 g/mol. The topological polar surface area (TPSA) is 29.3 Å². The number of rotatable bonds is 4. The zero-order valence-corrected chi connectivity index (χ0v) is 11.9. The Hall–Kier alpha value is -1.80. The lowest BCUT2D eigenvalue weighted by Crippen LogP contribution is -2.20. The lowest BCUT2D eigenvalue weighted by atomic mass is 10.0. The highest BCUT2D eigenvalue weighted by Gasteiger charge is 2.19. The summed E-state index contributed by atoms with van der Waals surface area (Å²) in [6.07, 6.45) is 4.47. The first kappa shape index (κ1) is 13.2. The largest absolute Gasteiger partial charge is 0.341 e. The molecule has 104 valence electrons. The van der Waals surface area contributed by atoms with Crippen LogP contribution in [0.4, 0.5) is 11.4 Å². The summed E-state index contributed by atoms with van der Waals surface area (Å²) in [4.78, 5) is 2.48. The highest BCUT2D eigenvalue weighted by Crippen LogP contribution is 2.35. The van der Waals surface area contributed by atoms with E-state index in [0.29, 0.717) is 0 Å². The number of fused-ring (bicyclic) bond motifs is 2. The molecule has 0 saturated heterocycles. The molecule has 2 nitrogen and oxygen atoms in total. The summed E-state index contributed by atoms with van der Waals surface area (Å²) < 4.78 is 0. The molecule has 0 atom stereocenters. The van der Waals surface area contributed by atoms with Crippen molar-refractivity contribution >= 4 is 11.4 Å². The molecule has 20 heavy (non-hydrogen) atoms. The second-order valence-electron chi connectivity index (χ2n) is 5.40. The van der Waals surface area contributed by atoms with Gasteiger partial charge in [-0.25, -0.2) is 0 Å². The van der Waals surface area contributed by atoms with E-state index in [4.69, 9.17) is 5.73 Å². The highest BCUT2D eigenvalue weighted by atomic mass is 15.1. The molecular formula is C18H22N2. The van der Waals surface area contributed by atoms with E-state index in [-0.39, 0.29) is 0 Å². The average Bonchev–Trinajstić information content (AvgIpc) is 2.66. The van der Waals surface area contributed by atoms with Crippen molar-refractivity contribution in [2.24, 2.45) is 5.73 Å². The van der Waals surface area contributed by atoms with Gasteiger partial charge in [0.15, 0.2) is 0 Å². The minimum Gasteiger partial charge on any atom is -0.341 e. The molecule has 0 saturated carbocycles. The lowest BCUT2D eigenvalue weighted by molar-refractivity contribution is 0.741. The third kappa shape index (κ3) is 2.56. The van der Waals surface area contributed by atoms with Crippen molar-refractivity contribution in [2.45, 2.75) is 25.7 Å². The van der Waals surface area contributed by atoms with Gasteiger partial charge in [0.1, 0.15) is 0 Å². The standard InChI is InChI=1S/C18H22N2/c19-13-5-6-14-20-17-9-3-1-7-15(17)11-12-16-8-2-4-10-18(16)20/h1-4,7-10H,5-6,11-14,19H2. The molecular weight excluding hydrogens is 244 g/mol.